The topological polar surface area (TPSA) is 83.0 Å². The summed E-state index contributed by atoms with van der Waals surface area (Å²) < 4.78 is 5.23. The predicted octanol–water partition coefficient (Wildman–Crippen LogP) is 2.57. The molecule has 7 heteroatoms. The van der Waals surface area contributed by atoms with Crippen LogP contribution in [-0.4, -0.2) is 70.6 Å². The van der Waals surface area contributed by atoms with E-state index in [0.29, 0.717) is 12.1 Å². The van der Waals surface area contributed by atoms with Gasteiger partial charge in [-0.05, 0) is 41.0 Å². The molecule has 2 aliphatic rings. The second-order valence-electron chi connectivity index (χ2n) is 8.42. The summed E-state index contributed by atoms with van der Waals surface area (Å²) in [5, 5.41) is 10.0. The number of hydrogen-bond acceptors (Lipinski definition) is 5. The highest BCUT2D eigenvalue weighted by molar-refractivity contribution is 5.97. The Bertz CT molecular complexity index is 1150. The number of hydrogen-bond donors (Lipinski definition) is 1. The molecule has 3 aromatic rings. The van der Waals surface area contributed by atoms with Crippen molar-refractivity contribution in [2.45, 2.75) is 18.0 Å². The molecule has 1 N–H and O–H groups in total. The quantitative estimate of drug-likeness (QED) is 0.655. The highest BCUT2D eigenvalue weighted by atomic mass is 16.5. The van der Waals surface area contributed by atoms with Gasteiger partial charge in [-0.25, -0.2) is 0 Å². The smallest absolute Gasteiger partial charge is 0.255 e. The number of pyridine rings is 1. The Morgan fingerprint density at radius 3 is 2.39 bits per heavy atom. The lowest BCUT2D eigenvalue weighted by molar-refractivity contribution is -0.159. The Morgan fingerprint density at radius 2 is 1.79 bits per heavy atom. The summed E-state index contributed by atoms with van der Waals surface area (Å²) in [7, 11) is 1.64. The fourth-order valence-corrected chi connectivity index (χ4v) is 5.01. The molecule has 3 heterocycles. The number of fused-ring (bicyclic) bond motifs is 1. The molecule has 0 unspecified atom stereocenters. The molecule has 2 aromatic carbocycles. The summed E-state index contributed by atoms with van der Waals surface area (Å²) in [5.41, 5.74) is 3.68. The van der Waals surface area contributed by atoms with Crippen LogP contribution < -0.4 is 4.74 Å². The van der Waals surface area contributed by atoms with E-state index in [2.05, 4.69) is 29.2 Å². The van der Waals surface area contributed by atoms with Crippen LogP contribution >= 0.6 is 0 Å². The first kappa shape index (κ1) is 21.2. The van der Waals surface area contributed by atoms with E-state index in [0.717, 1.165) is 22.4 Å². The van der Waals surface area contributed by atoms with Crippen molar-refractivity contribution in [3.63, 3.8) is 0 Å². The SMILES string of the molecule is COc1ccc(-c2ccc([C@@H]3[C@H](CO)N4C(=O)CN(C(=O)c5cccnc5)C[C@@H]34)cc2)cc1. The third-order valence-electron chi connectivity index (χ3n) is 6.67. The number of nitrogens with zero attached hydrogens (tertiary/aromatic N) is 3. The lowest BCUT2D eigenvalue weighted by Crippen LogP contribution is -2.73. The van der Waals surface area contributed by atoms with Crippen molar-refractivity contribution in [3.8, 4) is 16.9 Å². The van der Waals surface area contributed by atoms with Gasteiger partial charge in [-0.3, -0.25) is 14.6 Å². The van der Waals surface area contributed by atoms with Crippen LogP contribution in [0.5, 0.6) is 5.75 Å². The van der Waals surface area contributed by atoms with Crippen LogP contribution in [0.3, 0.4) is 0 Å². The summed E-state index contributed by atoms with van der Waals surface area (Å²) in [4.78, 5) is 33.1. The molecule has 1 aromatic heterocycles. The molecule has 3 atom stereocenters. The molecule has 2 amide bonds. The van der Waals surface area contributed by atoms with Crippen LogP contribution in [0, 0.1) is 0 Å². The molecule has 0 aliphatic carbocycles. The Balaban J connectivity index is 1.37. The van der Waals surface area contributed by atoms with Crippen molar-refractivity contribution >= 4 is 11.8 Å². The van der Waals surface area contributed by atoms with Crippen molar-refractivity contribution in [2.75, 3.05) is 26.8 Å². The highest BCUT2D eigenvalue weighted by Gasteiger charge is 2.54. The first-order valence-corrected chi connectivity index (χ1v) is 11.0. The van der Waals surface area contributed by atoms with Gasteiger partial charge in [0.15, 0.2) is 0 Å². The molecule has 7 nitrogen and oxygen atoms in total. The predicted molar refractivity (Wildman–Crippen MR) is 123 cm³/mol. The first-order valence-electron chi connectivity index (χ1n) is 11.0. The van der Waals surface area contributed by atoms with E-state index in [-0.39, 0.29) is 43.0 Å². The Morgan fingerprint density at radius 1 is 1.09 bits per heavy atom. The van der Waals surface area contributed by atoms with Crippen molar-refractivity contribution in [1.29, 1.82) is 0 Å². The molecule has 0 saturated carbocycles. The van der Waals surface area contributed by atoms with E-state index in [1.807, 2.05) is 24.3 Å². The molecule has 0 radical (unpaired) electrons. The van der Waals surface area contributed by atoms with Gasteiger partial charge in [0.25, 0.3) is 5.91 Å². The van der Waals surface area contributed by atoms with Gasteiger partial charge in [0.1, 0.15) is 12.3 Å². The van der Waals surface area contributed by atoms with Gasteiger partial charge in [0, 0.05) is 24.9 Å². The second kappa shape index (κ2) is 8.67. The van der Waals surface area contributed by atoms with Crippen molar-refractivity contribution in [3.05, 3.63) is 84.2 Å². The van der Waals surface area contributed by atoms with Gasteiger partial charge >= 0.3 is 0 Å². The minimum atomic E-state index is -0.273. The zero-order valence-electron chi connectivity index (χ0n) is 18.3. The third-order valence-corrected chi connectivity index (χ3v) is 6.67. The van der Waals surface area contributed by atoms with Crippen molar-refractivity contribution < 1.29 is 19.4 Å². The highest BCUT2D eigenvalue weighted by Crippen LogP contribution is 2.43. The van der Waals surface area contributed by atoms with Gasteiger partial charge in [0.05, 0.1) is 31.4 Å². The molecule has 2 saturated heterocycles. The maximum Gasteiger partial charge on any atom is 0.255 e. The molecular formula is C26H25N3O4. The summed E-state index contributed by atoms with van der Waals surface area (Å²) >= 11 is 0. The van der Waals surface area contributed by atoms with Crippen molar-refractivity contribution in [2.24, 2.45) is 0 Å². The molecule has 0 bridgehead atoms. The van der Waals surface area contributed by atoms with Gasteiger partial charge in [-0.1, -0.05) is 36.4 Å². The van der Waals surface area contributed by atoms with Gasteiger partial charge in [-0.15, -0.1) is 0 Å². The molecule has 2 aliphatic heterocycles. The normalized spacial score (nSPS) is 21.9. The fourth-order valence-electron chi connectivity index (χ4n) is 5.01. The Labute approximate surface area is 192 Å². The number of rotatable bonds is 5. The van der Waals surface area contributed by atoms with Gasteiger partial charge in [0.2, 0.25) is 5.91 Å². The lowest BCUT2D eigenvalue weighted by Gasteiger charge is -2.58. The van der Waals surface area contributed by atoms with E-state index in [1.165, 1.54) is 6.20 Å². The molecule has 0 spiro atoms. The molecule has 168 valence electrons. The molecule has 5 rings (SSSR count). The van der Waals surface area contributed by atoms with Crippen LogP contribution in [0.4, 0.5) is 0 Å². The number of carbonyl (C=O) groups excluding carboxylic acids is 2. The monoisotopic (exact) mass is 443 g/mol. The summed E-state index contributed by atoms with van der Waals surface area (Å²) in [5.74, 6) is 0.447. The number of ether oxygens (including phenoxy) is 1. The summed E-state index contributed by atoms with van der Waals surface area (Å²) in [6.45, 7) is 0.342. The number of aliphatic hydroxyl groups excluding tert-OH is 1. The van der Waals surface area contributed by atoms with Crippen LogP contribution in [0.25, 0.3) is 11.1 Å². The maximum absolute atomic E-state index is 12.9. The van der Waals surface area contributed by atoms with Gasteiger partial charge < -0.3 is 19.6 Å². The zero-order valence-corrected chi connectivity index (χ0v) is 18.3. The Kier molecular flexibility index (Phi) is 5.56. The standard InChI is InChI=1S/C26H25N3O4/c1-33-21-10-8-18(9-11-21)17-4-6-19(7-5-17)25-22-14-28(15-24(31)29(22)23(25)16-30)26(32)20-3-2-12-27-13-20/h2-13,22-23,25,30H,14-16H2,1H3/t22-,23-,25-/m0/s1. The van der Waals surface area contributed by atoms with Crippen LogP contribution in [-0.2, 0) is 4.79 Å². The fraction of sp³-hybridized carbons (Fsp3) is 0.269. The molecule has 2 fully saturated rings. The number of aliphatic hydroxyl groups is 1. The lowest BCUT2D eigenvalue weighted by atomic mass is 9.73. The molecule has 33 heavy (non-hydrogen) atoms. The van der Waals surface area contributed by atoms with Gasteiger partial charge in [-0.2, -0.15) is 0 Å². The van der Waals surface area contributed by atoms with Crippen LogP contribution in [0.15, 0.2) is 73.1 Å². The average Bonchev–Trinajstić information content (AvgIpc) is 2.86. The second-order valence-corrected chi connectivity index (χ2v) is 8.42. The number of aromatic nitrogens is 1. The summed E-state index contributed by atoms with van der Waals surface area (Å²) in [6.07, 6.45) is 3.13. The minimum absolute atomic E-state index is 0.0177. The number of carbonyl (C=O) groups is 2. The number of piperazine rings is 1. The zero-order chi connectivity index (χ0) is 22.9. The van der Waals surface area contributed by atoms with Crippen LogP contribution in [0.2, 0.25) is 0 Å². The number of methoxy groups -OCH3 is 1. The van der Waals surface area contributed by atoms with E-state index >= 15 is 0 Å². The minimum Gasteiger partial charge on any atom is -0.497 e. The van der Waals surface area contributed by atoms with Crippen LogP contribution in [0.1, 0.15) is 21.8 Å². The average molecular weight is 444 g/mol. The Hall–Kier alpha value is -3.71. The van der Waals surface area contributed by atoms with Crippen molar-refractivity contribution in [1.82, 2.24) is 14.8 Å². The third kappa shape index (κ3) is 3.74. The van der Waals surface area contributed by atoms with E-state index in [4.69, 9.17) is 4.74 Å². The van der Waals surface area contributed by atoms with E-state index < -0.39 is 0 Å². The number of amides is 2. The first-order chi connectivity index (χ1) is 16.1. The van der Waals surface area contributed by atoms with E-state index in [9.17, 15) is 14.7 Å². The van der Waals surface area contributed by atoms with E-state index in [1.54, 1.807) is 35.2 Å². The summed E-state index contributed by atoms with van der Waals surface area (Å²) in [6, 6.07) is 19.1. The molecular weight excluding hydrogens is 418 g/mol. The number of benzene rings is 2. The maximum atomic E-state index is 12.9. The largest absolute Gasteiger partial charge is 0.497 e.